The summed E-state index contributed by atoms with van der Waals surface area (Å²) in [5.41, 5.74) is 0.594. The van der Waals surface area contributed by atoms with Gasteiger partial charge >= 0.3 is 9.28 Å². The largest absolute Gasteiger partial charge is 0.425 e. The summed E-state index contributed by atoms with van der Waals surface area (Å²) >= 11 is 0. The molecule has 1 aliphatic heterocycles. The second kappa shape index (κ2) is 6.21. The van der Waals surface area contributed by atoms with E-state index in [1.54, 1.807) is 0 Å². The molecule has 1 saturated heterocycles. The fourth-order valence-electron chi connectivity index (χ4n) is 0.926. The highest BCUT2D eigenvalue weighted by atomic mass is 28.4. The van der Waals surface area contributed by atoms with E-state index < -0.39 is 39.3 Å². The summed E-state index contributed by atoms with van der Waals surface area (Å²) in [7, 11) is -3.61. The Balaban J connectivity index is 2.29. The molecule has 0 aromatic heterocycles. The molecule has 0 bridgehead atoms. The first kappa shape index (κ1) is 10.8. The van der Waals surface area contributed by atoms with Gasteiger partial charge in [-0.25, -0.2) is 0 Å². The Morgan fingerprint density at radius 1 is 1.17 bits per heavy atom. The number of hydrogen-bond donors (Lipinski definition) is 0. The zero-order chi connectivity index (χ0) is 8.81. The van der Waals surface area contributed by atoms with Crippen molar-refractivity contribution in [2.75, 3.05) is 0 Å². The molecule has 0 N–H and O–H groups in total. The van der Waals surface area contributed by atoms with E-state index in [1.165, 1.54) is 0 Å². The molecule has 0 aromatic rings. The SMILES string of the molecule is CCC(C)[SiH]1O[SiH2]O[SiH2]O[SiH2]O1. The van der Waals surface area contributed by atoms with Crippen LogP contribution in [0.2, 0.25) is 5.54 Å². The summed E-state index contributed by atoms with van der Waals surface area (Å²) in [5, 5.41) is 0. The molecular weight excluding hydrogens is 224 g/mol. The van der Waals surface area contributed by atoms with Gasteiger partial charge in [-0.05, 0) is 5.54 Å². The topological polar surface area (TPSA) is 36.9 Å². The lowest BCUT2D eigenvalue weighted by atomic mass is 10.4. The van der Waals surface area contributed by atoms with E-state index in [-0.39, 0.29) is 0 Å². The van der Waals surface area contributed by atoms with Gasteiger partial charge in [0.25, 0.3) is 30.0 Å². The second-order valence-corrected chi connectivity index (χ2v) is 11.4. The van der Waals surface area contributed by atoms with Gasteiger partial charge in [-0.15, -0.1) is 0 Å². The first-order valence-electron chi connectivity index (χ1n) is 4.23. The van der Waals surface area contributed by atoms with E-state index in [0.29, 0.717) is 5.54 Å². The molecule has 0 aromatic carbocycles. The van der Waals surface area contributed by atoms with Crippen LogP contribution < -0.4 is 0 Å². The summed E-state index contributed by atoms with van der Waals surface area (Å²) in [4.78, 5) is 0. The summed E-state index contributed by atoms with van der Waals surface area (Å²) in [6.45, 7) is 4.36. The van der Waals surface area contributed by atoms with Crippen molar-refractivity contribution in [3.63, 3.8) is 0 Å². The first-order valence-corrected chi connectivity index (χ1v) is 9.30. The van der Waals surface area contributed by atoms with Gasteiger partial charge < -0.3 is 16.5 Å². The fourth-order valence-corrected chi connectivity index (χ4v) is 10.8. The van der Waals surface area contributed by atoms with Crippen molar-refractivity contribution in [3.8, 4) is 0 Å². The molecule has 0 saturated carbocycles. The Kier molecular flexibility index (Phi) is 5.58. The van der Waals surface area contributed by atoms with Gasteiger partial charge in [-0.3, -0.25) is 0 Å². The Labute approximate surface area is 82.0 Å². The van der Waals surface area contributed by atoms with E-state index in [9.17, 15) is 0 Å². The average molecular weight is 241 g/mol. The van der Waals surface area contributed by atoms with Crippen molar-refractivity contribution in [2.45, 2.75) is 25.8 Å². The van der Waals surface area contributed by atoms with Crippen LogP contribution in [0.25, 0.3) is 0 Å². The maximum atomic E-state index is 5.66. The van der Waals surface area contributed by atoms with Crippen LogP contribution in [-0.2, 0) is 16.5 Å². The lowest BCUT2D eigenvalue weighted by molar-refractivity contribution is 0.319. The van der Waals surface area contributed by atoms with Crippen LogP contribution in [0, 0.1) is 0 Å². The van der Waals surface area contributed by atoms with Crippen molar-refractivity contribution in [1.29, 1.82) is 0 Å². The molecule has 1 fully saturated rings. The van der Waals surface area contributed by atoms with E-state index >= 15 is 0 Å². The molecule has 8 heteroatoms. The Morgan fingerprint density at radius 3 is 2.25 bits per heavy atom. The molecule has 0 aliphatic carbocycles. The van der Waals surface area contributed by atoms with Gasteiger partial charge in [0, 0.05) is 0 Å². The molecule has 0 radical (unpaired) electrons. The number of hydrogen-bond acceptors (Lipinski definition) is 4. The predicted molar refractivity (Wildman–Crippen MR) is 56.8 cm³/mol. The molecule has 1 heterocycles. The van der Waals surface area contributed by atoms with Gasteiger partial charge in [-0.2, -0.15) is 0 Å². The van der Waals surface area contributed by atoms with Gasteiger partial charge in [-0.1, -0.05) is 20.3 Å². The molecule has 4 nitrogen and oxygen atoms in total. The molecule has 0 amide bonds. The normalized spacial score (nSPS) is 35.0. The smallest absolute Gasteiger partial charge is 0.305 e. The van der Waals surface area contributed by atoms with E-state index in [0.717, 1.165) is 6.42 Å². The van der Waals surface area contributed by atoms with E-state index in [4.69, 9.17) is 16.5 Å². The maximum absolute atomic E-state index is 5.66. The number of rotatable bonds is 2. The van der Waals surface area contributed by atoms with Crippen LogP contribution in [0.4, 0.5) is 0 Å². The van der Waals surface area contributed by atoms with Gasteiger partial charge in [0.1, 0.15) is 0 Å². The summed E-state index contributed by atoms with van der Waals surface area (Å²) in [5.74, 6) is 0. The van der Waals surface area contributed by atoms with Crippen LogP contribution >= 0.6 is 0 Å². The third-order valence-electron chi connectivity index (χ3n) is 1.91. The van der Waals surface area contributed by atoms with E-state index in [1.807, 2.05) is 0 Å². The van der Waals surface area contributed by atoms with Gasteiger partial charge in [0.15, 0.2) is 0 Å². The third-order valence-corrected chi connectivity index (χ3v) is 9.69. The second-order valence-electron chi connectivity index (χ2n) is 2.85. The van der Waals surface area contributed by atoms with Crippen molar-refractivity contribution in [1.82, 2.24) is 0 Å². The Morgan fingerprint density at radius 2 is 1.75 bits per heavy atom. The first-order chi connectivity index (χ1) is 5.84. The lowest BCUT2D eigenvalue weighted by Crippen LogP contribution is -2.35. The van der Waals surface area contributed by atoms with Gasteiger partial charge in [0.05, 0.1) is 0 Å². The summed E-state index contributed by atoms with van der Waals surface area (Å²) < 4.78 is 22.0. The highest BCUT2D eigenvalue weighted by Crippen LogP contribution is 2.15. The van der Waals surface area contributed by atoms with Crippen LogP contribution in [-0.4, -0.2) is 39.3 Å². The average Bonchev–Trinajstić information content (AvgIpc) is 2.02. The minimum absolute atomic E-state index is 0.594. The zero-order valence-corrected chi connectivity index (χ0v) is 13.0. The van der Waals surface area contributed by atoms with Crippen molar-refractivity contribution >= 4 is 39.3 Å². The summed E-state index contributed by atoms with van der Waals surface area (Å²) in [6, 6.07) is 0. The molecule has 72 valence electrons. The quantitative estimate of drug-likeness (QED) is 0.528. The molecule has 1 aliphatic rings. The monoisotopic (exact) mass is 240 g/mol. The maximum Gasteiger partial charge on any atom is 0.305 e. The molecule has 1 rings (SSSR count). The zero-order valence-electron chi connectivity index (χ0n) is 7.62. The Bertz CT molecular complexity index is 118. The highest BCUT2D eigenvalue weighted by Gasteiger charge is 2.21. The minimum atomic E-state index is -1.40. The highest BCUT2D eigenvalue weighted by molar-refractivity contribution is 6.60. The summed E-state index contributed by atoms with van der Waals surface area (Å²) in [6.07, 6.45) is 1.14. The van der Waals surface area contributed by atoms with E-state index in [2.05, 4.69) is 13.8 Å². The minimum Gasteiger partial charge on any atom is -0.425 e. The predicted octanol–water partition coefficient (Wildman–Crippen LogP) is -1.92. The third kappa shape index (κ3) is 3.61. The van der Waals surface area contributed by atoms with Crippen molar-refractivity contribution in [3.05, 3.63) is 0 Å². The molecular formula is C4H16O4Si4. The van der Waals surface area contributed by atoms with Crippen LogP contribution in [0.1, 0.15) is 20.3 Å². The van der Waals surface area contributed by atoms with Crippen LogP contribution in [0.3, 0.4) is 0 Å². The van der Waals surface area contributed by atoms with Crippen molar-refractivity contribution in [2.24, 2.45) is 0 Å². The van der Waals surface area contributed by atoms with Gasteiger partial charge in [0.2, 0.25) is 0 Å². The molecule has 1 atom stereocenters. The molecule has 0 spiro atoms. The molecule has 12 heavy (non-hydrogen) atoms. The van der Waals surface area contributed by atoms with Crippen molar-refractivity contribution < 1.29 is 16.5 Å². The fraction of sp³-hybridized carbons (Fsp3) is 1.00. The lowest BCUT2D eigenvalue weighted by Gasteiger charge is -2.24. The molecule has 1 unspecified atom stereocenters. The van der Waals surface area contributed by atoms with Crippen LogP contribution in [0.15, 0.2) is 0 Å². The Hall–Kier alpha value is 0.708. The van der Waals surface area contributed by atoms with Crippen LogP contribution in [0.5, 0.6) is 0 Å². The standard InChI is InChI=1S/C4H16O4Si4/c1-3-4(2)12-7-10-5-9-6-11-8-12/h4,12H,3,9-11H2,1-2H3.